The number of para-hydroxylation sites is 1. The molecular weight excluding hydrogens is 371 g/mol. The van der Waals surface area contributed by atoms with E-state index in [1.54, 1.807) is 18.2 Å². The number of rotatable bonds is 1. The Morgan fingerprint density at radius 3 is 2.39 bits per heavy atom. The highest BCUT2D eigenvalue weighted by Gasteiger charge is 2.30. The van der Waals surface area contributed by atoms with Gasteiger partial charge in [-0.3, -0.25) is 0 Å². The van der Waals surface area contributed by atoms with Crippen LogP contribution in [-0.4, -0.2) is 4.98 Å². The van der Waals surface area contributed by atoms with Crippen molar-refractivity contribution in [3.8, 4) is 11.3 Å². The fourth-order valence-electron chi connectivity index (χ4n) is 3.38. The molecular formula is C21H10F3NO3. The number of furan rings is 1. The second kappa shape index (κ2) is 5.69. The fourth-order valence-corrected chi connectivity index (χ4v) is 3.38. The predicted molar refractivity (Wildman–Crippen MR) is 98.0 cm³/mol. The number of benzene rings is 2. The van der Waals surface area contributed by atoms with Crippen LogP contribution in [0.4, 0.5) is 13.2 Å². The number of aromatic nitrogens is 1. The molecule has 0 N–H and O–H groups in total. The minimum Gasteiger partial charge on any atom is -0.462 e. The van der Waals surface area contributed by atoms with E-state index < -0.39 is 17.4 Å². The van der Waals surface area contributed by atoms with Gasteiger partial charge in [0.1, 0.15) is 11.3 Å². The van der Waals surface area contributed by atoms with Gasteiger partial charge in [0.25, 0.3) is 0 Å². The van der Waals surface area contributed by atoms with Gasteiger partial charge in [-0.05, 0) is 24.3 Å². The minimum absolute atomic E-state index is 0.0995. The van der Waals surface area contributed by atoms with E-state index in [0.717, 1.165) is 12.1 Å². The van der Waals surface area contributed by atoms with Gasteiger partial charge >= 0.3 is 11.8 Å². The Morgan fingerprint density at radius 2 is 1.64 bits per heavy atom. The fraction of sp³-hybridized carbons (Fsp3) is 0.0476. The van der Waals surface area contributed by atoms with E-state index in [1.165, 1.54) is 18.4 Å². The van der Waals surface area contributed by atoms with Crippen molar-refractivity contribution in [1.82, 2.24) is 4.98 Å². The molecule has 0 aliphatic carbocycles. The average molecular weight is 381 g/mol. The van der Waals surface area contributed by atoms with Crippen LogP contribution in [0.25, 0.3) is 44.1 Å². The first-order chi connectivity index (χ1) is 13.4. The maximum absolute atomic E-state index is 12.8. The monoisotopic (exact) mass is 381 g/mol. The van der Waals surface area contributed by atoms with Gasteiger partial charge in [-0.15, -0.1) is 0 Å². The first-order valence-corrected chi connectivity index (χ1v) is 8.34. The Bertz CT molecular complexity index is 1410. The highest BCUT2D eigenvalue weighted by molar-refractivity contribution is 6.18. The molecule has 3 aromatic heterocycles. The van der Waals surface area contributed by atoms with Crippen molar-refractivity contribution < 1.29 is 22.0 Å². The molecule has 4 nitrogen and oxygen atoms in total. The molecule has 5 rings (SSSR count). The second-order valence-electron chi connectivity index (χ2n) is 6.31. The summed E-state index contributed by atoms with van der Waals surface area (Å²) in [6.45, 7) is 0. The van der Waals surface area contributed by atoms with Gasteiger partial charge in [0.15, 0.2) is 11.1 Å². The minimum atomic E-state index is -4.44. The maximum atomic E-state index is 12.8. The summed E-state index contributed by atoms with van der Waals surface area (Å²) in [4.78, 5) is 16.9. The molecule has 0 fully saturated rings. The smallest absolute Gasteiger partial charge is 0.416 e. The van der Waals surface area contributed by atoms with Gasteiger partial charge in [-0.2, -0.15) is 13.2 Å². The molecule has 0 aliphatic rings. The van der Waals surface area contributed by atoms with Crippen LogP contribution in [0.1, 0.15) is 5.56 Å². The van der Waals surface area contributed by atoms with E-state index >= 15 is 0 Å². The lowest BCUT2D eigenvalue weighted by Gasteiger charge is -2.09. The number of hydrogen-bond donors (Lipinski definition) is 0. The SMILES string of the molecule is O=c1oc2ccccc2c2c1nc(-c1ccc(C(F)(F)F)cc1)c1occc12. The quantitative estimate of drug-likeness (QED) is 0.273. The molecule has 0 atom stereocenters. The van der Waals surface area contributed by atoms with E-state index in [1.807, 2.05) is 12.1 Å². The number of fused-ring (bicyclic) bond motifs is 5. The Labute approximate surface area is 154 Å². The topological polar surface area (TPSA) is 56.2 Å². The number of pyridine rings is 1. The van der Waals surface area contributed by atoms with Crippen molar-refractivity contribution in [3.05, 3.63) is 76.8 Å². The van der Waals surface area contributed by atoms with Gasteiger partial charge in [0, 0.05) is 21.7 Å². The molecule has 0 spiro atoms. The van der Waals surface area contributed by atoms with Crippen LogP contribution in [0.15, 0.2) is 74.5 Å². The number of alkyl halides is 3. The zero-order valence-electron chi connectivity index (χ0n) is 14.1. The first kappa shape index (κ1) is 16.6. The summed E-state index contributed by atoms with van der Waals surface area (Å²) in [7, 11) is 0. The molecule has 7 heteroatoms. The molecule has 0 aliphatic heterocycles. The van der Waals surface area contributed by atoms with Gasteiger partial charge < -0.3 is 8.83 Å². The molecule has 2 aromatic carbocycles. The molecule has 28 heavy (non-hydrogen) atoms. The van der Waals surface area contributed by atoms with E-state index in [4.69, 9.17) is 8.83 Å². The molecule has 138 valence electrons. The summed E-state index contributed by atoms with van der Waals surface area (Å²) in [6.07, 6.45) is -2.97. The lowest BCUT2D eigenvalue weighted by atomic mass is 10.0. The molecule has 0 radical (unpaired) electrons. The largest absolute Gasteiger partial charge is 0.462 e. The number of nitrogens with zero attached hydrogens (tertiary/aromatic N) is 1. The van der Waals surface area contributed by atoms with E-state index in [-0.39, 0.29) is 11.2 Å². The Hall–Kier alpha value is -3.61. The van der Waals surface area contributed by atoms with Gasteiger partial charge in [0.05, 0.1) is 11.8 Å². The highest BCUT2D eigenvalue weighted by atomic mass is 19.4. The molecule has 0 bridgehead atoms. The van der Waals surface area contributed by atoms with Gasteiger partial charge in [-0.25, -0.2) is 9.78 Å². The third kappa shape index (κ3) is 2.40. The first-order valence-electron chi connectivity index (χ1n) is 8.34. The van der Waals surface area contributed by atoms with Crippen molar-refractivity contribution >= 4 is 32.8 Å². The summed E-state index contributed by atoms with van der Waals surface area (Å²) in [5.74, 6) is 0. The zero-order valence-corrected chi connectivity index (χ0v) is 14.1. The van der Waals surface area contributed by atoms with Crippen LogP contribution in [0, 0.1) is 0 Å². The van der Waals surface area contributed by atoms with Crippen molar-refractivity contribution in [2.75, 3.05) is 0 Å². The van der Waals surface area contributed by atoms with E-state index in [2.05, 4.69) is 4.98 Å². The summed E-state index contributed by atoms with van der Waals surface area (Å²) in [6, 6.07) is 13.3. The number of hydrogen-bond acceptors (Lipinski definition) is 4. The Morgan fingerprint density at radius 1 is 0.893 bits per heavy atom. The predicted octanol–water partition coefficient (Wildman–Crippen LogP) is 5.77. The van der Waals surface area contributed by atoms with Gasteiger partial charge in [0.2, 0.25) is 0 Å². The maximum Gasteiger partial charge on any atom is 0.416 e. The van der Waals surface area contributed by atoms with Crippen LogP contribution in [-0.2, 0) is 6.18 Å². The Balaban J connectivity index is 1.86. The third-order valence-corrected chi connectivity index (χ3v) is 4.65. The molecule has 0 unspecified atom stereocenters. The van der Waals surface area contributed by atoms with Crippen LogP contribution < -0.4 is 5.63 Å². The van der Waals surface area contributed by atoms with Crippen LogP contribution in [0.5, 0.6) is 0 Å². The van der Waals surface area contributed by atoms with Crippen molar-refractivity contribution in [2.24, 2.45) is 0 Å². The van der Waals surface area contributed by atoms with Crippen LogP contribution >= 0.6 is 0 Å². The molecule has 5 aromatic rings. The molecule has 0 amide bonds. The van der Waals surface area contributed by atoms with E-state index in [9.17, 15) is 18.0 Å². The van der Waals surface area contributed by atoms with Gasteiger partial charge in [-0.1, -0.05) is 30.3 Å². The van der Waals surface area contributed by atoms with Crippen LogP contribution in [0.3, 0.4) is 0 Å². The highest BCUT2D eigenvalue weighted by Crippen LogP contribution is 2.36. The third-order valence-electron chi connectivity index (χ3n) is 4.65. The van der Waals surface area contributed by atoms with Crippen molar-refractivity contribution in [2.45, 2.75) is 6.18 Å². The zero-order chi connectivity index (χ0) is 19.5. The number of halogens is 3. The summed E-state index contributed by atoms with van der Waals surface area (Å²) >= 11 is 0. The van der Waals surface area contributed by atoms with Crippen LogP contribution in [0.2, 0.25) is 0 Å². The van der Waals surface area contributed by atoms with Crippen molar-refractivity contribution in [1.29, 1.82) is 0 Å². The standard InChI is InChI=1S/C21H10F3NO3/c22-21(23,24)12-7-5-11(6-8-12)17-19-14(9-10-27-19)16-13-3-1-2-4-15(13)28-20(26)18(16)25-17/h1-10H. The molecule has 3 heterocycles. The summed E-state index contributed by atoms with van der Waals surface area (Å²) < 4.78 is 49.5. The summed E-state index contributed by atoms with van der Waals surface area (Å²) in [5.41, 5.74) is 0.214. The lowest BCUT2D eigenvalue weighted by Crippen LogP contribution is -2.05. The lowest BCUT2D eigenvalue weighted by molar-refractivity contribution is -0.137. The van der Waals surface area contributed by atoms with E-state index in [0.29, 0.717) is 32.9 Å². The van der Waals surface area contributed by atoms with Crippen molar-refractivity contribution in [3.63, 3.8) is 0 Å². The second-order valence-corrected chi connectivity index (χ2v) is 6.31. The Kier molecular flexibility index (Phi) is 3.37. The molecule has 0 saturated heterocycles. The summed E-state index contributed by atoms with van der Waals surface area (Å²) in [5, 5.41) is 1.94. The molecule has 0 saturated carbocycles. The normalized spacial score (nSPS) is 12.2. The average Bonchev–Trinajstić information content (AvgIpc) is 3.16.